The van der Waals surface area contributed by atoms with Gasteiger partial charge in [-0.25, -0.2) is 4.68 Å². The molecule has 1 aliphatic carbocycles. The second kappa shape index (κ2) is 4.12. The van der Waals surface area contributed by atoms with Crippen LogP contribution in [0.15, 0.2) is 4.73 Å². The number of nitrogens with two attached hydrogens (primary N) is 1. The molecule has 2 N–H and O–H groups in total. The predicted molar refractivity (Wildman–Crippen MR) is 63.3 cm³/mol. The van der Waals surface area contributed by atoms with Gasteiger partial charge in [-0.1, -0.05) is 26.2 Å². The normalized spacial score (nSPS) is 20.4. The van der Waals surface area contributed by atoms with Crippen molar-refractivity contribution in [1.82, 2.24) is 14.8 Å². The van der Waals surface area contributed by atoms with E-state index in [1.807, 2.05) is 4.68 Å². The standard InChI is InChI=1S/C10H17BrN4/c1-10(5-3-2-4-6-10)7-15-8(11)13-9(12)14-15/h2-7H2,1H3,(H2,12,14). The zero-order chi connectivity index (χ0) is 10.9. The molecular weight excluding hydrogens is 256 g/mol. The van der Waals surface area contributed by atoms with E-state index in [9.17, 15) is 0 Å². The first-order valence-corrected chi connectivity index (χ1v) is 6.24. The average molecular weight is 273 g/mol. The van der Waals surface area contributed by atoms with Crippen LogP contribution in [0.5, 0.6) is 0 Å². The molecule has 0 spiro atoms. The Morgan fingerprint density at radius 2 is 2.07 bits per heavy atom. The molecule has 0 aromatic carbocycles. The molecule has 1 aliphatic rings. The highest BCUT2D eigenvalue weighted by molar-refractivity contribution is 9.10. The lowest BCUT2D eigenvalue weighted by Gasteiger charge is -2.33. The van der Waals surface area contributed by atoms with Gasteiger partial charge in [0.15, 0.2) is 4.73 Å². The SMILES string of the molecule is CC1(Cn2nc(N)nc2Br)CCCCC1. The third-order valence-electron chi connectivity index (χ3n) is 3.24. The number of hydrogen-bond acceptors (Lipinski definition) is 3. The van der Waals surface area contributed by atoms with Crippen LogP contribution in [0.2, 0.25) is 0 Å². The van der Waals surface area contributed by atoms with Gasteiger partial charge in [-0.3, -0.25) is 0 Å². The Balaban J connectivity index is 2.09. The lowest BCUT2D eigenvalue weighted by molar-refractivity contribution is 0.174. The minimum absolute atomic E-state index is 0.348. The molecule has 1 aromatic rings. The zero-order valence-electron chi connectivity index (χ0n) is 9.04. The summed E-state index contributed by atoms with van der Waals surface area (Å²) in [5, 5.41) is 4.19. The topological polar surface area (TPSA) is 56.7 Å². The van der Waals surface area contributed by atoms with Gasteiger partial charge in [0.2, 0.25) is 5.95 Å². The number of halogens is 1. The quantitative estimate of drug-likeness (QED) is 0.901. The molecular formula is C10H17BrN4. The molecule has 0 unspecified atom stereocenters. The molecule has 1 fully saturated rings. The summed E-state index contributed by atoms with van der Waals surface area (Å²) in [5.41, 5.74) is 5.92. The number of nitrogen functional groups attached to an aromatic ring is 1. The van der Waals surface area contributed by atoms with E-state index in [1.165, 1.54) is 32.1 Å². The summed E-state index contributed by atoms with van der Waals surface area (Å²) in [7, 11) is 0. The van der Waals surface area contributed by atoms with Crippen LogP contribution >= 0.6 is 15.9 Å². The summed E-state index contributed by atoms with van der Waals surface area (Å²) >= 11 is 3.38. The zero-order valence-corrected chi connectivity index (χ0v) is 10.6. The predicted octanol–water partition coefficient (Wildman–Crippen LogP) is 2.59. The summed E-state index contributed by atoms with van der Waals surface area (Å²) in [6.45, 7) is 3.24. The van der Waals surface area contributed by atoms with Crippen molar-refractivity contribution in [1.29, 1.82) is 0 Å². The summed E-state index contributed by atoms with van der Waals surface area (Å²) in [5.74, 6) is 0.348. The van der Waals surface area contributed by atoms with Crippen molar-refractivity contribution in [3.05, 3.63) is 4.73 Å². The number of hydrogen-bond donors (Lipinski definition) is 1. The summed E-state index contributed by atoms with van der Waals surface area (Å²) in [6.07, 6.45) is 6.59. The molecule has 5 heteroatoms. The van der Waals surface area contributed by atoms with Gasteiger partial charge in [-0.2, -0.15) is 4.98 Å². The van der Waals surface area contributed by atoms with Gasteiger partial charge >= 0.3 is 0 Å². The van der Waals surface area contributed by atoms with E-state index in [0.29, 0.717) is 11.4 Å². The highest BCUT2D eigenvalue weighted by Crippen LogP contribution is 2.37. The number of aromatic nitrogens is 3. The van der Waals surface area contributed by atoms with Crippen LogP contribution in [0.3, 0.4) is 0 Å². The van der Waals surface area contributed by atoms with E-state index in [1.54, 1.807) is 0 Å². The molecule has 0 saturated heterocycles. The molecule has 0 atom stereocenters. The maximum absolute atomic E-state index is 5.55. The van der Waals surface area contributed by atoms with E-state index in [-0.39, 0.29) is 0 Å². The molecule has 1 aromatic heterocycles. The minimum Gasteiger partial charge on any atom is -0.366 e. The first-order chi connectivity index (χ1) is 7.09. The van der Waals surface area contributed by atoms with Crippen LogP contribution < -0.4 is 5.73 Å². The molecule has 15 heavy (non-hydrogen) atoms. The van der Waals surface area contributed by atoms with Crippen molar-refractivity contribution in [2.45, 2.75) is 45.6 Å². The third-order valence-corrected chi connectivity index (χ3v) is 3.82. The van der Waals surface area contributed by atoms with E-state index in [4.69, 9.17) is 5.73 Å². The highest BCUT2D eigenvalue weighted by atomic mass is 79.9. The van der Waals surface area contributed by atoms with Gasteiger partial charge in [0, 0.05) is 6.54 Å². The van der Waals surface area contributed by atoms with Crippen molar-refractivity contribution in [2.75, 3.05) is 5.73 Å². The van der Waals surface area contributed by atoms with Gasteiger partial charge in [-0.05, 0) is 34.2 Å². The first-order valence-electron chi connectivity index (χ1n) is 5.45. The molecule has 0 bridgehead atoms. The fourth-order valence-corrected chi connectivity index (χ4v) is 2.75. The van der Waals surface area contributed by atoms with Crippen LogP contribution in [0.25, 0.3) is 0 Å². The number of anilines is 1. The van der Waals surface area contributed by atoms with Gasteiger partial charge < -0.3 is 5.73 Å². The third kappa shape index (κ3) is 2.51. The van der Waals surface area contributed by atoms with Crippen molar-refractivity contribution in [2.24, 2.45) is 5.41 Å². The van der Waals surface area contributed by atoms with Crippen LogP contribution in [-0.4, -0.2) is 14.8 Å². The fourth-order valence-electron chi connectivity index (χ4n) is 2.37. The molecule has 2 rings (SSSR count). The smallest absolute Gasteiger partial charge is 0.240 e. The largest absolute Gasteiger partial charge is 0.366 e. The van der Waals surface area contributed by atoms with Crippen LogP contribution in [0.4, 0.5) is 5.95 Å². The molecule has 0 amide bonds. The Morgan fingerprint density at radius 1 is 1.40 bits per heavy atom. The monoisotopic (exact) mass is 272 g/mol. The summed E-state index contributed by atoms with van der Waals surface area (Å²) < 4.78 is 2.62. The first kappa shape index (κ1) is 10.9. The van der Waals surface area contributed by atoms with E-state index < -0.39 is 0 Å². The van der Waals surface area contributed by atoms with Crippen molar-refractivity contribution < 1.29 is 0 Å². The van der Waals surface area contributed by atoms with Crippen molar-refractivity contribution in [3.63, 3.8) is 0 Å². The molecule has 0 aliphatic heterocycles. The Kier molecular flexibility index (Phi) is 3.00. The van der Waals surface area contributed by atoms with E-state index in [0.717, 1.165) is 11.3 Å². The molecule has 4 nitrogen and oxygen atoms in total. The Hall–Kier alpha value is -0.580. The van der Waals surface area contributed by atoms with Gasteiger partial charge in [0.25, 0.3) is 0 Å². The summed E-state index contributed by atoms with van der Waals surface area (Å²) in [4.78, 5) is 4.05. The second-order valence-corrected chi connectivity index (χ2v) is 5.48. The van der Waals surface area contributed by atoms with Crippen LogP contribution in [-0.2, 0) is 6.54 Å². The number of nitrogens with zero attached hydrogens (tertiary/aromatic N) is 3. The molecule has 1 saturated carbocycles. The maximum Gasteiger partial charge on any atom is 0.240 e. The molecule has 84 valence electrons. The van der Waals surface area contributed by atoms with E-state index >= 15 is 0 Å². The van der Waals surface area contributed by atoms with Crippen molar-refractivity contribution in [3.8, 4) is 0 Å². The van der Waals surface area contributed by atoms with Crippen LogP contribution in [0.1, 0.15) is 39.0 Å². The Bertz CT molecular complexity index is 341. The number of rotatable bonds is 2. The van der Waals surface area contributed by atoms with Gasteiger partial charge in [0.05, 0.1) is 0 Å². The maximum atomic E-state index is 5.55. The highest BCUT2D eigenvalue weighted by Gasteiger charge is 2.28. The van der Waals surface area contributed by atoms with Crippen molar-refractivity contribution >= 4 is 21.9 Å². The minimum atomic E-state index is 0.348. The average Bonchev–Trinajstić information content (AvgIpc) is 2.45. The molecule has 0 radical (unpaired) electrons. The Labute approximate surface area is 98.4 Å². The lowest BCUT2D eigenvalue weighted by Crippen LogP contribution is -2.26. The van der Waals surface area contributed by atoms with Gasteiger partial charge in [0.1, 0.15) is 0 Å². The fraction of sp³-hybridized carbons (Fsp3) is 0.800. The van der Waals surface area contributed by atoms with Crippen LogP contribution in [0, 0.1) is 5.41 Å². The summed E-state index contributed by atoms with van der Waals surface area (Å²) in [6, 6.07) is 0. The molecule has 1 heterocycles. The lowest BCUT2D eigenvalue weighted by atomic mass is 9.76. The Morgan fingerprint density at radius 3 is 2.60 bits per heavy atom. The van der Waals surface area contributed by atoms with E-state index in [2.05, 4.69) is 32.9 Å². The van der Waals surface area contributed by atoms with Gasteiger partial charge in [-0.15, -0.1) is 5.10 Å². The second-order valence-electron chi connectivity index (χ2n) is 4.77.